The summed E-state index contributed by atoms with van der Waals surface area (Å²) in [6.45, 7) is -0.176. The molecule has 104 valence electrons. The van der Waals surface area contributed by atoms with Gasteiger partial charge in [0.1, 0.15) is 5.82 Å². The van der Waals surface area contributed by atoms with Crippen molar-refractivity contribution in [3.05, 3.63) is 41.5 Å². The Labute approximate surface area is 113 Å². The molecule has 1 aromatic heterocycles. The Bertz CT molecular complexity index is 615. The van der Waals surface area contributed by atoms with Crippen LogP contribution in [0, 0.1) is 5.82 Å². The Kier molecular flexibility index (Phi) is 4.04. The Hall–Kier alpha value is -2.77. The minimum absolute atomic E-state index is 0.0475. The highest BCUT2D eigenvalue weighted by Gasteiger charge is 2.08. The number of ether oxygens (including phenoxy) is 1. The topological polar surface area (TPSA) is 117 Å². The van der Waals surface area contributed by atoms with E-state index in [1.165, 1.54) is 18.2 Å². The molecular formula is C12H12FN5O2. The van der Waals surface area contributed by atoms with Crippen LogP contribution in [-0.4, -0.2) is 20.9 Å². The Morgan fingerprint density at radius 3 is 2.55 bits per heavy atom. The summed E-state index contributed by atoms with van der Waals surface area (Å²) < 4.78 is 17.9. The van der Waals surface area contributed by atoms with Crippen LogP contribution in [0.15, 0.2) is 24.3 Å². The zero-order valence-corrected chi connectivity index (χ0v) is 10.4. The Morgan fingerprint density at radius 2 is 1.90 bits per heavy atom. The lowest BCUT2D eigenvalue weighted by Gasteiger charge is -2.05. The van der Waals surface area contributed by atoms with Gasteiger partial charge in [-0.05, 0) is 17.7 Å². The van der Waals surface area contributed by atoms with Crippen LogP contribution in [0.25, 0.3) is 0 Å². The highest BCUT2D eigenvalue weighted by Crippen LogP contribution is 2.06. The minimum Gasteiger partial charge on any atom is -0.457 e. The predicted molar refractivity (Wildman–Crippen MR) is 68.6 cm³/mol. The first kappa shape index (κ1) is 13.7. The van der Waals surface area contributed by atoms with Gasteiger partial charge >= 0.3 is 5.97 Å². The fourth-order valence-corrected chi connectivity index (χ4v) is 1.53. The van der Waals surface area contributed by atoms with Crippen molar-refractivity contribution in [3.63, 3.8) is 0 Å². The van der Waals surface area contributed by atoms with Crippen LogP contribution in [0.3, 0.4) is 0 Å². The maximum absolute atomic E-state index is 13.0. The van der Waals surface area contributed by atoms with E-state index in [-0.39, 0.29) is 30.7 Å². The Balaban J connectivity index is 1.92. The number of carbonyl (C=O) groups excluding carboxylic acids is 1. The van der Waals surface area contributed by atoms with Gasteiger partial charge in [0, 0.05) is 0 Å². The SMILES string of the molecule is Nc1nc(N)nc(COC(=O)Cc2cccc(F)c2)n1. The molecule has 7 nitrogen and oxygen atoms in total. The van der Waals surface area contributed by atoms with Crippen LogP contribution in [0.1, 0.15) is 11.4 Å². The zero-order valence-electron chi connectivity index (χ0n) is 10.4. The fourth-order valence-electron chi connectivity index (χ4n) is 1.53. The van der Waals surface area contributed by atoms with Gasteiger partial charge in [-0.15, -0.1) is 0 Å². The molecule has 0 radical (unpaired) electrons. The number of anilines is 2. The summed E-state index contributed by atoms with van der Waals surface area (Å²) in [5, 5.41) is 0. The van der Waals surface area contributed by atoms with E-state index in [4.69, 9.17) is 16.2 Å². The number of nitrogens with zero attached hydrogens (tertiary/aromatic N) is 3. The van der Waals surface area contributed by atoms with Crippen LogP contribution in [-0.2, 0) is 22.6 Å². The van der Waals surface area contributed by atoms with Gasteiger partial charge in [0.15, 0.2) is 12.4 Å². The molecule has 0 bridgehead atoms. The standard InChI is InChI=1S/C12H12FN5O2/c13-8-3-1-2-7(4-8)5-10(19)20-6-9-16-11(14)18-12(15)17-9/h1-4H,5-6H2,(H4,14,15,16,17,18). The summed E-state index contributed by atoms with van der Waals surface area (Å²) >= 11 is 0. The van der Waals surface area contributed by atoms with Gasteiger partial charge in [0.05, 0.1) is 6.42 Å². The molecule has 0 fully saturated rings. The molecule has 1 aromatic carbocycles. The monoisotopic (exact) mass is 277 g/mol. The lowest BCUT2D eigenvalue weighted by Crippen LogP contribution is -2.12. The summed E-state index contributed by atoms with van der Waals surface area (Å²) in [5.74, 6) is -0.883. The van der Waals surface area contributed by atoms with Crippen molar-refractivity contribution in [2.75, 3.05) is 11.5 Å². The second-order valence-electron chi connectivity index (χ2n) is 3.94. The van der Waals surface area contributed by atoms with Crippen molar-refractivity contribution in [1.29, 1.82) is 0 Å². The van der Waals surface area contributed by atoms with E-state index in [1.54, 1.807) is 6.07 Å². The van der Waals surface area contributed by atoms with Crippen molar-refractivity contribution in [2.45, 2.75) is 13.0 Å². The van der Waals surface area contributed by atoms with Gasteiger partial charge < -0.3 is 16.2 Å². The molecule has 2 aromatic rings. The molecule has 8 heteroatoms. The maximum atomic E-state index is 13.0. The molecule has 0 spiro atoms. The number of esters is 1. The first-order valence-corrected chi connectivity index (χ1v) is 5.69. The molecule has 0 aliphatic heterocycles. The predicted octanol–water partition coefficient (Wildman–Crippen LogP) is 0.461. The smallest absolute Gasteiger partial charge is 0.310 e. The van der Waals surface area contributed by atoms with Crippen molar-refractivity contribution in [3.8, 4) is 0 Å². The molecule has 0 saturated carbocycles. The summed E-state index contributed by atoms with van der Waals surface area (Å²) in [7, 11) is 0. The second-order valence-corrected chi connectivity index (χ2v) is 3.94. The van der Waals surface area contributed by atoms with Crippen LogP contribution in [0.5, 0.6) is 0 Å². The lowest BCUT2D eigenvalue weighted by molar-refractivity contribution is -0.144. The van der Waals surface area contributed by atoms with E-state index < -0.39 is 11.8 Å². The molecule has 0 aliphatic carbocycles. The van der Waals surface area contributed by atoms with Crippen LogP contribution in [0.4, 0.5) is 16.3 Å². The van der Waals surface area contributed by atoms with E-state index in [0.29, 0.717) is 5.56 Å². The molecule has 20 heavy (non-hydrogen) atoms. The number of carbonyl (C=O) groups is 1. The van der Waals surface area contributed by atoms with Gasteiger partial charge in [-0.25, -0.2) is 4.39 Å². The number of benzene rings is 1. The van der Waals surface area contributed by atoms with Gasteiger partial charge in [0.25, 0.3) is 0 Å². The molecule has 1 heterocycles. The zero-order chi connectivity index (χ0) is 14.5. The van der Waals surface area contributed by atoms with Gasteiger partial charge in [0.2, 0.25) is 11.9 Å². The van der Waals surface area contributed by atoms with Crippen molar-refractivity contribution in [1.82, 2.24) is 15.0 Å². The number of rotatable bonds is 4. The third-order valence-corrected chi connectivity index (χ3v) is 2.32. The number of halogens is 1. The van der Waals surface area contributed by atoms with Crippen molar-refractivity contribution >= 4 is 17.9 Å². The summed E-state index contributed by atoms with van der Waals surface area (Å²) in [5.41, 5.74) is 11.3. The van der Waals surface area contributed by atoms with Crippen LogP contribution in [0.2, 0.25) is 0 Å². The summed E-state index contributed by atoms with van der Waals surface area (Å²) in [6, 6.07) is 5.71. The second kappa shape index (κ2) is 5.91. The number of aromatic nitrogens is 3. The third-order valence-electron chi connectivity index (χ3n) is 2.32. The van der Waals surface area contributed by atoms with Gasteiger partial charge in [-0.3, -0.25) is 4.79 Å². The molecule has 0 saturated heterocycles. The quantitative estimate of drug-likeness (QED) is 0.779. The first-order valence-electron chi connectivity index (χ1n) is 5.69. The van der Waals surface area contributed by atoms with Crippen LogP contribution >= 0.6 is 0 Å². The molecule has 0 unspecified atom stereocenters. The first-order chi connectivity index (χ1) is 9.52. The average Bonchev–Trinajstić information content (AvgIpc) is 2.35. The normalized spacial score (nSPS) is 10.2. The molecule has 4 N–H and O–H groups in total. The van der Waals surface area contributed by atoms with E-state index in [2.05, 4.69) is 15.0 Å². The van der Waals surface area contributed by atoms with E-state index in [0.717, 1.165) is 0 Å². The van der Waals surface area contributed by atoms with Gasteiger partial charge in [-0.1, -0.05) is 12.1 Å². The van der Waals surface area contributed by atoms with E-state index >= 15 is 0 Å². The molecule has 2 rings (SSSR count). The minimum atomic E-state index is -0.534. The van der Waals surface area contributed by atoms with Gasteiger partial charge in [-0.2, -0.15) is 15.0 Å². The van der Waals surface area contributed by atoms with E-state index in [1.807, 2.05) is 0 Å². The third kappa shape index (κ3) is 3.87. The lowest BCUT2D eigenvalue weighted by atomic mass is 10.1. The number of hydrogen-bond acceptors (Lipinski definition) is 7. The summed E-state index contributed by atoms with van der Waals surface area (Å²) in [6.07, 6.45) is -0.0478. The average molecular weight is 277 g/mol. The highest BCUT2D eigenvalue weighted by molar-refractivity contribution is 5.72. The number of nitrogen functional groups attached to an aromatic ring is 2. The molecule has 0 amide bonds. The van der Waals surface area contributed by atoms with E-state index in [9.17, 15) is 9.18 Å². The Morgan fingerprint density at radius 1 is 1.20 bits per heavy atom. The fraction of sp³-hybridized carbons (Fsp3) is 0.167. The molecule has 0 aliphatic rings. The maximum Gasteiger partial charge on any atom is 0.310 e. The largest absolute Gasteiger partial charge is 0.457 e. The molecular weight excluding hydrogens is 265 g/mol. The van der Waals surface area contributed by atoms with Crippen LogP contribution < -0.4 is 11.5 Å². The summed E-state index contributed by atoms with van der Waals surface area (Å²) in [4.78, 5) is 22.7. The molecule has 0 atom stereocenters. The highest BCUT2D eigenvalue weighted by atomic mass is 19.1. The van der Waals surface area contributed by atoms with Crippen molar-refractivity contribution < 1.29 is 13.9 Å². The number of nitrogens with two attached hydrogens (primary N) is 2. The number of hydrogen-bond donors (Lipinski definition) is 2. The van der Waals surface area contributed by atoms with Crippen molar-refractivity contribution in [2.24, 2.45) is 0 Å².